The maximum Gasteiger partial charge on any atom is 0.126 e. The molecule has 1 N–H and O–H groups in total. The molecule has 0 aromatic heterocycles. The Balaban J connectivity index is 2.81. The van der Waals surface area contributed by atoms with E-state index in [1.165, 1.54) is 0 Å². The first-order valence-electron chi connectivity index (χ1n) is 5.65. The van der Waals surface area contributed by atoms with E-state index in [2.05, 4.69) is 4.99 Å². The SMILES string of the molecule is COc1ccc(Cl)cc1/C=C\C=NC(C)(C)CO. The van der Waals surface area contributed by atoms with Gasteiger partial charge in [0, 0.05) is 16.8 Å². The number of aliphatic hydroxyl groups excluding tert-OH is 1. The summed E-state index contributed by atoms with van der Waals surface area (Å²) in [5.74, 6) is 0.755. The Morgan fingerprint density at radius 1 is 1.44 bits per heavy atom. The first-order chi connectivity index (χ1) is 8.48. The molecule has 3 nitrogen and oxygen atoms in total. The Hall–Kier alpha value is -1.32. The predicted molar refractivity (Wildman–Crippen MR) is 76.7 cm³/mol. The van der Waals surface area contributed by atoms with Crippen LogP contribution in [0, 0.1) is 0 Å². The van der Waals surface area contributed by atoms with Crippen LogP contribution in [0.2, 0.25) is 5.02 Å². The van der Waals surface area contributed by atoms with Crippen molar-refractivity contribution in [1.29, 1.82) is 0 Å². The minimum Gasteiger partial charge on any atom is -0.496 e. The molecule has 1 aromatic rings. The number of ether oxygens (including phenoxy) is 1. The Kier molecular flexibility index (Phi) is 5.38. The fourth-order valence-electron chi connectivity index (χ4n) is 1.27. The number of halogens is 1. The van der Waals surface area contributed by atoms with Gasteiger partial charge in [-0.15, -0.1) is 0 Å². The van der Waals surface area contributed by atoms with Crippen LogP contribution in [0.3, 0.4) is 0 Å². The summed E-state index contributed by atoms with van der Waals surface area (Å²) in [6.07, 6.45) is 5.32. The molecule has 0 saturated heterocycles. The number of benzene rings is 1. The Labute approximate surface area is 113 Å². The molecule has 0 radical (unpaired) electrons. The molecule has 0 heterocycles. The summed E-state index contributed by atoms with van der Waals surface area (Å²) >= 11 is 5.93. The zero-order valence-corrected chi connectivity index (χ0v) is 11.6. The fourth-order valence-corrected chi connectivity index (χ4v) is 1.45. The van der Waals surface area contributed by atoms with Crippen molar-refractivity contribution in [2.24, 2.45) is 4.99 Å². The lowest BCUT2D eigenvalue weighted by atomic mass is 10.1. The molecule has 1 rings (SSSR count). The van der Waals surface area contributed by atoms with Crippen molar-refractivity contribution in [2.75, 3.05) is 13.7 Å². The van der Waals surface area contributed by atoms with Gasteiger partial charge in [0.25, 0.3) is 0 Å². The molecular weight excluding hydrogens is 250 g/mol. The number of rotatable bonds is 5. The van der Waals surface area contributed by atoms with Crippen molar-refractivity contribution in [3.63, 3.8) is 0 Å². The Bertz CT molecular complexity index is 453. The maximum absolute atomic E-state index is 9.05. The molecule has 0 saturated carbocycles. The lowest BCUT2D eigenvalue weighted by molar-refractivity contribution is 0.223. The third-order valence-electron chi connectivity index (χ3n) is 2.36. The van der Waals surface area contributed by atoms with Crippen molar-refractivity contribution in [3.05, 3.63) is 34.9 Å². The second-order valence-corrected chi connectivity index (χ2v) is 4.93. The van der Waals surface area contributed by atoms with Crippen LogP contribution in [-0.2, 0) is 0 Å². The molecule has 0 bridgehead atoms. The highest BCUT2D eigenvalue weighted by atomic mass is 35.5. The molecular formula is C14H18ClNO2. The topological polar surface area (TPSA) is 41.8 Å². The molecule has 0 aliphatic rings. The van der Waals surface area contributed by atoms with Crippen molar-refractivity contribution in [2.45, 2.75) is 19.4 Å². The highest BCUT2D eigenvalue weighted by molar-refractivity contribution is 6.30. The Morgan fingerprint density at radius 3 is 2.78 bits per heavy atom. The average Bonchev–Trinajstić information content (AvgIpc) is 2.35. The second-order valence-electron chi connectivity index (χ2n) is 4.49. The molecule has 0 spiro atoms. The summed E-state index contributed by atoms with van der Waals surface area (Å²) in [6.45, 7) is 3.73. The smallest absolute Gasteiger partial charge is 0.126 e. The minimum absolute atomic E-state index is 0.0117. The van der Waals surface area contributed by atoms with E-state index < -0.39 is 5.54 Å². The first kappa shape index (κ1) is 14.7. The van der Waals surface area contributed by atoms with Crippen LogP contribution >= 0.6 is 11.6 Å². The van der Waals surface area contributed by atoms with Gasteiger partial charge in [-0.3, -0.25) is 4.99 Å². The standard InChI is InChI=1S/C14H18ClNO2/c1-14(2,10-17)16-8-4-5-11-9-12(15)6-7-13(11)18-3/h4-9,17H,10H2,1-3H3/b5-4-,16-8?. The molecule has 4 heteroatoms. The molecule has 0 atom stereocenters. The first-order valence-corrected chi connectivity index (χ1v) is 6.02. The van der Waals surface area contributed by atoms with Crippen LogP contribution in [0.5, 0.6) is 5.75 Å². The number of aliphatic hydroxyl groups is 1. The fraction of sp³-hybridized carbons (Fsp3) is 0.357. The minimum atomic E-state index is -0.456. The van der Waals surface area contributed by atoms with Crippen LogP contribution in [0.25, 0.3) is 6.08 Å². The van der Waals surface area contributed by atoms with Crippen LogP contribution in [0.15, 0.2) is 29.3 Å². The van der Waals surface area contributed by atoms with Crippen LogP contribution in [-0.4, -0.2) is 30.6 Å². The number of allylic oxidation sites excluding steroid dienone is 1. The number of hydrogen-bond donors (Lipinski definition) is 1. The lowest BCUT2D eigenvalue weighted by Crippen LogP contribution is -2.21. The van der Waals surface area contributed by atoms with E-state index in [-0.39, 0.29) is 6.61 Å². The highest BCUT2D eigenvalue weighted by Gasteiger charge is 2.11. The number of nitrogens with zero attached hydrogens (tertiary/aromatic N) is 1. The van der Waals surface area contributed by atoms with Crippen molar-refractivity contribution >= 4 is 23.9 Å². The third kappa shape index (κ3) is 4.51. The van der Waals surface area contributed by atoms with Gasteiger partial charge in [0.2, 0.25) is 0 Å². The second kappa shape index (κ2) is 6.57. The van der Waals surface area contributed by atoms with E-state index in [1.807, 2.05) is 32.1 Å². The summed E-state index contributed by atoms with van der Waals surface area (Å²) in [5, 5.41) is 9.71. The van der Waals surface area contributed by atoms with E-state index in [0.717, 1.165) is 11.3 Å². The summed E-state index contributed by atoms with van der Waals surface area (Å²) in [6, 6.07) is 5.42. The molecule has 0 aliphatic carbocycles. The Morgan fingerprint density at radius 2 is 2.17 bits per heavy atom. The van der Waals surface area contributed by atoms with Gasteiger partial charge in [-0.2, -0.15) is 0 Å². The van der Waals surface area contributed by atoms with Crippen LogP contribution in [0.1, 0.15) is 19.4 Å². The average molecular weight is 268 g/mol. The highest BCUT2D eigenvalue weighted by Crippen LogP contribution is 2.23. The van der Waals surface area contributed by atoms with Gasteiger partial charge in [-0.1, -0.05) is 11.6 Å². The monoisotopic (exact) mass is 267 g/mol. The quantitative estimate of drug-likeness (QED) is 0.833. The van der Waals surface area contributed by atoms with Gasteiger partial charge in [0.15, 0.2) is 0 Å². The van der Waals surface area contributed by atoms with Crippen LogP contribution in [0.4, 0.5) is 0 Å². The maximum atomic E-state index is 9.05. The lowest BCUT2D eigenvalue weighted by Gasteiger charge is -2.14. The summed E-state index contributed by atoms with van der Waals surface area (Å²) < 4.78 is 5.23. The van der Waals surface area contributed by atoms with E-state index in [4.69, 9.17) is 21.4 Å². The summed E-state index contributed by atoms with van der Waals surface area (Å²) in [5.41, 5.74) is 0.432. The number of hydrogen-bond acceptors (Lipinski definition) is 3. The van der Waals surface area contributed by atoms with Gasteiger partial charge in [0.1, 0.15) is 5.75 Å². The molecule has 0 amide bonds. The molecule has 98 valence electrons. The predicted octanol–water partition coefficient (Wildman–Crippen LogP) is 3.20. The molecule has 1 aromatic carbocycles. The van der Waals surface area contributed by atoms with Crippen LogP contribution < -0.4 is 4.74 Å². The molecule has 0 unspecified atom stereocenters. The molecule has 18 heavy (non-hydrogen) atoms. The van der Waals surface area contributed by atoms with Crippen molar-refractivity contribution < 1.29 is 9.84 Å². The van der Waals surface area contributed by atoms with E-state index in [0.29, 0.717) is 5.02 Å². The van der Waals surface area contributed by atoms with Gasteiger partial charge < -0.3 is 9.84 Å². The van der Waals surface area contributed by atoms with Crippen molar-refractivity contribution in [1.82, 2.24) is 0 Å². The molecule has 0 aliphatic heterocycles. The number of aliphatic imine (C=N–C) groups is 1. The zero-order chi connectivity index (χ0) is 13.6. The normalized spacial score (nSPS) is 12.5. The summed E-state index contributed by atoms with van der Waals surface area (Å²) in [4.78, 5) is 4.23. The summed E-state index contributed by atoms with van der Waals surface area (Å²) in [7, 11) is 1.61. The van der Waals surface area contributed by atoms with Gasteiger partial charge >= 0.3 is 0 Å². The largest absolute Gasteiger partial charge is 0.496 e. The van der Waals surface area contributed by atoms with Crippen molar-refractivity contribution in [3.8, 4) is 5.75 Å². The van der Waals surface area contributed by atoms with Gasteiger partial charge in [-0.25, -0.2) is 0 Å². The van der Waals surface area contributed by atoms with Gasteiger partial charge in [0.05, 0.1) is 19.3 Å². The van der Waals surface area contributed by atoms with E-state index >= 15 is 0 Å². The van der Waals surface area contributed by atoms with Gasteiger partial charge in [-0.05, 0) is 44.2 Å². The van der Waals surface area contributed by atoms with E-state index in [1.54, 1.807) is 25.5 Å². The number of methoxy groups -OCH3 is 1. The van der Waals surface area contributed by atoms with E-state index in [9.17, 15) is 0 Å². The third-order valence-corrected chi connectivity index (χ3v) is 2.60. The zero-order valence-electron chi connectivity index (χ0n) is 10.9. The molecule has 0 fully saturated rings.